The van der Waals surface area contributed by atoms with Crippen LogP contribution in [0.3, 0.4) is 0 Å². The molecule has 0 fully saturated rings. The van der Waals surface area contributed by atoms with E-state index in [2.05, 4.69) is 104 Å². The molecular formula is C23H29N5+2. The van der Waals surface area contributed by atoms with Gasteiger partial charge in [-0.2, -0.15) is 9.13 Å². The number of rotatable bonds is 2. The van der Waals surface area contributed by atoms with Gasteiger partial charge in [0.05, 0.1) is 5.69 Å². The van der Waals surface area contributed by atoms with Gasteiger partial charge < -0.3 is 4.57 Å². The van der Waals surface area contributed by atoms with E-state index in [1.165, 1.54) is 45.2 Å². The number of aromatic nitrogens is 5. The van der Waals surface area contributed by atoms with Crippen molar-refractivity contribution >= 4 is 5.78 Å². The molecule has 0 aromatic carbocycles. The van der Waals surface area contributed by atoms with Crippen molar-refractivity contribution in [3.05, 3.63) is 58.7 Å². The van der Waals surface area contributed by atoms with Gasteiger partial charge in [0.15, 0.2) is 6.20 Å². The number of fused-ring (bicyclic) bond motifs is 1. The summed E-state index contributed by atoms with van der Waals surface area (Å²) in [5, 5.41) is 0. The van der Waals surface area contributed by atoms with Crippen molar-refractivity contribution in [1.29, 1.82) is 0 Å². The predicted octanol–water partition coefficient (Wildman–Crippen LogP) is 3.20. The summed E-state index contributed by atoms with van der Waals surface area (Å²) < 4.78 is 8.92. The van der Waals surface area contributed by atoms with E-state index in [0.717, 1.165) is 11.5 Å². The van der Waals surface area contributed by atoms with Crippen LogP contribution in [0.5, 0.6) is 0 Å². The number of hydrogen-bond acceptors (Lipinski definition) is 1. The monoisotopic (exact) mass is 375 g/mol. The molecule has 0 saturated heterocycles. The molecule has 144 valence electrons. The fourth-order valence-corrected chi connectivity index (χ4v) is 4.38. The van der Waals surface area contributed by atoms with Crippen molar-refractivity contribution < 1.29 is 9.13 Å². The first-order chi connectivity index (χ1) is 13.2. The molecular weight excluding hydrogens is 346 g/mol. The van der Waals surface area contributed by atoms with Crippen molar-refractivity contribution in [3.8, 4) is 22.8 Å². The van der Waals surface area contributed by atoms with E-state index in [1.54, 1.807) is 0 Å². The maximum absolute atomic E-state index is 4.75. The van der Waals surface area contributed by atoms with Crippen LogP contribution in [0, 0.1) is 34.6 Å². The maximum Gasteiger partial charge on any atom is 0.280 e. The van der Waals surface area contributed by atoms with Crippen LogP contribution >= 0.6 is 0 Å². The summed E-state index contributed by atoms with van der Waals surface area (Å²) in [5.74, 6) is 0.979. The van der Waals surface area contributed by atoms with Crippen LogP contribution in [0.4, 0.5) is 0 Å². The molecule has 0 aliphatic heterocycles. The van der Waals surface area contributed by atoms with Gasteiger partial charge in [-0.05, 0) is 46.8 Å². The SMILES string of the molecule is Cc1ccc(-c2c(C)cc(C)c(-c3cn4c(C)c(C)nc4n3C)[n+]2C)[n+](C)c1. The average molecular weight is 376 g/mol. The quantitative estimate of drug-likeness (QED) is 0.495. The second-order valence-corrected chi connectivity index (χ2v) is 8.00. The molecule has 4 aromatic rings. The largest absolute Gasteiger partial charge is 0.308 e. The van der Waals surface area contributed by atoms with Crippen molar-refractivity contribution in [2.24, 2.45) is 21.1 Å². The van der Waals surface area contributed by atoms with E-state index < -0.39 is 0 Å². The number of pyridine rings is 2. The lowest BCUT2D eigenvalue weighted by molar-refractivity contribution is -0.685. The van der Waals surface area contributed by atoms with Gasteiger partial charge in [0.2, 0.25) is 11.5 Å². The molecule has 0 aliphatic carbocycles. The third-order valence-electron chi connectivity index (χ3n) is 5.90. The van der Waals surface area contributed by atoms with Crippen LogP contribution in [-0.4, -0.2) is 14.0 Å². The van der Waals surface area contributed by atoms with E-state index >= 15 is 0 Å². The molecule has 0 N–H and O–H groups in total. The van der Waals surface area contributed by atoms with Gasteiger partial charge in [0, 0.05) is 41.7 Å². The van der Waals surface area contributed by atoms with Crippen molar-refractivity contribution in [3.63, 3.8) is 0 Å². The second kappa shape index (κ2) is 6.30. The topological polar surface area (TPSA) is 30.0 Å². The summed E-state index contributed by atoms with van der Waals surface area (Å²) in [4.78, 5) is 4.75. The molecule has 4 aromatic heterocycles. The van der Waals surface area contributed by atoms with Gasteiger partial charge in [0.25, 0.3) is 11.4 Å². The Bertz CT molecular complexity index is 1240. The Morgan fingerprint density at radius 2 is 1.61 bits per heavy atom. The Kier molecular flexibility index (Phi) is 4.14. The minimum atomic E-state index is 0.979. The highest BCUT2D eigenvalue weighted by molar-refractivity contribution is 5.64. The maximum atomic E-state index is 4.75. The van der Waals surface area contributed by atoms with Crippen LogP contribution in [0.1, 0.15) is 28.1 Å². The van der Waals surface area contributed by atoms with Gasteiger partial charge in [-0.1, -0.05) is 0 Å². The molecule has 0 spiro atoms. The summed E-state index contributed by atoms with van der Waals surface area (Å²) in [5.41, 5.74) is 10.9. The lowest BCUT2D eigenvalue weighted by atomic mass is 10.0. The molecule has 4 heterocycles. The molecule has 0 atom stereocenters. The average Bonchev–Trinajstić information content (AvgIpc) is 3.07. The molecule has 0 unspecified atom stereocenters. The molecule has 5 nitrogen and oxygen atoms in total. The lowest BCUT2D eigenvalue weighted by Gasteiger charge is -2.10. The van der Waals surface area contributed by atoms with Crippen LogP contribution in [0.25, 0.3) is 28.6 Å². The summed E-state index contributed by atoms with van der Waals surface area (Å²) in [7, 11) is 6.38. The number of imidazole rings is 2. The first-order valence-corrected chi connectivity index (χ1v) is 9.69. The molecule has 0 amide bonds. The van der Waals surface area contributed by atoms with Crippen molar-refractivity contribution in [2.75, 3.05) is 0 Å². The van der Waals surface area contributed by atoms with Gasteiger partial charge in [-0.25, -0.2) is 4.98 Å². The molecule has 0 saturated carbocycles. The first kappa shape index (κ1) is 18.4. The Labute approximate surface area is 166 Å². The Balaban J connectivity index is 2.03. The van der Waals surface area contributed by atoms with Crippen molar-refractivity contribution in [1.82, 2.24) is 14.0 Å². The third kappa shape index (κ3) is 2.57. The standard InChI is InChI=1S/C23H29N5/c1-14-9-10-19(25(6)12-14)21-15(2)11-16(3)22(27(21)8)20-13-28-18(5)17(4)24-23(28)26(20)7/h9-13H,1-8H3/q+2. The van der Waals surface area contributed by atoms with E-state index in [-0.39, 0.29) is 0 Å². The number of aryl methyl sites for hydroxylation is 7. The smallest absolute Gasteiger partial charge is 0.280 e. The lowest BCUT2D eigenvalue weighted by Crippen LogP contribution is -2.41. The molecule has 28 heavy (non-hydrogen) atoms. The number of hydrogen-bond donors (Lipinski definition) is 0. The molecule has 4 rings (SSSR count). The van der Waals surface area contributed by atoms with Gasteiger partial charge >= 0.3 is 0 Å². The Morgan fingerprint density at radius 1 is 0.929 bits per heavy atom. The Morgan fingerprint density at radius 3 is 2.25 bits per heavy atom. The highest BCUT2D eigenvalue weighted by Crippen LogP contribution is 2.28. The van der Waals surface area contributed by atoms with Gasteiger partial charge in [-0.3, -0.25) is 4.40 Å². The molecule has 0 aliphatic rings. The summed E-state index contributed by atoms with van der Waals surface area (Å²) in [6.07, 6.45) is 4.39. The number of nitrogens with zero attached hydrogens (tertiary/aromatic N) is 5. The minimum Gasteiger partial charge on any atom is -0.308 e. The van der Waals surface area contributed by atoms with Gasteiger partial charge in [0.1, 0.15) is 19.8 Å². The highest BCUT2D eigenvalue weighted by Gasteiger charge is 2.29. The normalized spacial score (nSPS) is 11.6. The zero-order chi connectivity index (χ0) is 20.3. The minimum absolute atomic E-state index is 0.979. The Hall–Kier alpha value is -2.95. The van der Waals surface area contributed by atoms with Gasteiger partial charge in [-0.15, -0.1) is 0 Å². The van der Waals surface area contributed by atoms with E-state index in [4.69, 9.17) is 4.98 Å². The molecule has 5 heteroatoms. The van der Waals surface area contributed by atoms with Crippen LogP contribution in [0.15, 0.2) is 30.6 Å². The van der Waals surface area contributed by atoms with E-state index in [1.807, 2.05) is 0 Å². The fourth-order valence-electron chi connectivity index (χ4n) is 4.38. The summed E-state index contributed by atoms with van der Waals surface area (Å²) >= 11 is 0. The van der Waals surface area contributed by atoms with Crippen LogP contribution in [-0.2, 0) is 21.1 Å². The van der Waals surface area contributed by atoms with Crippen LogP contribution in [0.2, 0.25) is 0 Å². The third-order valence-corrected chi connectivity index (χ3v) is 5.90. The van der Waals surface area contributed by atoms with Crippen molar-refractivity contribution in [2.45, 2.75) is 34.6 Å². The summed E-state index contributed by atoms with van der Waals surface area (Å²) in [6.45, 7) is 10.7. The predicted molar refractivity (Wildman–Crippen MR) is 111 cm³/mol. The molecule has 0 bridgehead atoms. The second-order valence-electron chi connectivity index (χ2n) is 8.00. The first-order valence-electron chi connectivity index (χ1n) is 9.69. The highest BCUT2D eigenvalue weighted by atomic mass is 15.2. The zero-order valence-electron chi connectivity index (χ0n) is 18.1. The van der Waals surface area contributed by atoms with Crippen LogP contribution < -0.4 is 9.13 Å². The van der Waals surface area contributed by atoms with E-state index in [0.29, 0.717) is 0 Å². The molecule has 0 radical (unpaired) electrons. The van der Waals surface area contributed by atoms with E-state index in [9.17, 15) is 0 Å². The zero-order valence-corrected chi connectivity index (χ0v) is 18.1. The fraction of sp³-hybridized carbons (Fsp3) is 0.348. The summed E-state index contributed by atoms with van der Waals surface area (Å²) in [6, 6.07) is 6.68.